The van der Waals surface area contributed by atoms with E-state index in [2.05, 4.69) is 45.6 Å². The molecule has 0 radical (unpaired) electrons. The summed E-state index contributed by atoms with van der Waals surface area (Å²) in [6.07, 6.45) is 7.65. The molecule has 3 aromatic rings. The SMILES string of the molecule is CNC(CCc1cccnc1)c1cccc2ncccc12. The second-order valence-electron chi connectivity index (χ2n) is 5.16. The van der Waals surface area contributed by atoms with Gasteiger partial charge >= 0.3 is 0 Å². The van der Waals surface area contributed by atoms with E-state index in [0.29, 0.717) is 6.04 Å². The summed E-state index contributed by atoms with van der Waals surface area (Å²) in [5, 5.41) is 4.66. The summed E-state index contributed by atoms with van der Waals surface area (Å²) in [5.41, 5.74) is 3.64. The summed E-state index contributed by atoms with van der Waals surface area (Å²) in [6, 6.07) is 14.9. The fraction of sp³-hybridized carbons (Fsp3) is 0.222. The minimum absolute atomic E-state index is 0.318. The predicted molar refractivity (Wildman–Crippen MR) is 86.1 cm³/mol. The molecule has 0 aliphatic rings. The Morgan fingerprint density at radius 1 is 1.05 bits per heavy atom. The van der Waals surface area contributed by atoms with Crippen LogP contribution >= 0.6 is 0 Å². The van der Waals surface area contributed by atoms with Gasteiger partial charge in [-0.05, 0) is 49.2 Å². The van der Waals surface area contributed by atoms with Crippen molar-refractivity contribution in [3.8, 4) is 0 Å². The van der Waals surface area contributed by atoms with Gasteiger partial charge in [0.2, 0.25) is 0 Å². The van der Waals surface area contributed by atoms with Crippen molar-refractivity contribution in [2.24, 2.45) is 0 Å². The van der Waals surface area contributed by atoms with Gasteiger partial charge in [-0.1, -0.05) is 24.3 Å². The molecular formula is C18H19N3. The maximum Gasteiger partial charge on any atom is 0.0705 e. The van der Waals surface area contributed by atoms with Crippen LogP contribution in [0.5, 0.6) is 0 Å². The average Bonchev–Trinajstić information content (AvgIpc) is 2.56. The van der Waals surface area contributed by atoms with Crippen LogP contribution in [0.3, 0.4) is 0 Å². The van der Waals surface area contributed by atoms with Gasteiger partial charge in [0.15, 0.2) is 0 Å². The van der Waals surface area contributed by atoms with Crippen molar-refractivity contribution in [3.05, 3.63) is 72.2 Å². The number of hydrogen-bond acceptors (Lipinski definition) is 3. The third-order valence-electron chi connectivity index (χ3n) is 3.85. The summed E-state index contributed by atoms with van der Waals surface area (Å²) >= 11 is 0. The van der Waals surface area contributed by atoms with Gasteiger partial charge in [0.25, 0.3) is 0 Å². The van der Waals surface area contributed by atoms with E-state index >= 15 is 0 Å². The summed E-state index contributed by atoms with van der Waals surface area (Å²) in [5.74, 6) is 0. The van der Waals surface area contributed by atoms with E-state index < -0.39 is 0 Å². The number of rotatable bonds is 5. The normalized spacial score (nSPS) is 12.4. The van der Waals surface area contributed by atoms with E-state index in [1.807, 2.05) is 37.8 Å². The van der Waals surface area contributed by atoms with E-state index in [1.54, 1.807) is 0 Å². The van der Waals surface area contributed by atoms with Crippen molar-refractivity contribution in [2.75, 3.05) is 7.05 Å². The van der Waals surface area contributed by atoms with Crippen LogP contribution in [0.25, 0.3) is 10.9 Å². The van der Waals surface area contributed by atoms with Crippen LogP contribution < -0.4 is 5.32 Å². The van der Waals surface area contributed by atoms with E-state index in [1.165, 1.54) is 16.5 Å². The Morgan fingerprint density at radius 2 is 1.95 bits per heavy atom. The largest absolute Gasteiger partial charge is 0.313 e. The number of hydrogen-bond donors (Lipinski definition) is 1. The van der Waals surface area contributed by atoms with E-state index in [0.717, 1.165) is 18.4 Å². The zero-order valence-electron chi connectivity index (χ0n) is 12.2. The highest BCUT2D eigenvalue weighted by Crippen LogP contribution is 2.26. The monoisotopic (exact) mass is 277 g/mol. The van der Waals surface area contributed by atoms with Gasteiger partial charge in [0, 0.05) is 30.0 Å². The maximum absolute atomic E-state index is 4.44. The Kier molecular flexibility index (Phi) is 4.22. The molecule has 1 atom stereocenters. The molecule has 3 rings (SSSR count). The zero-order chi connectivity index (χ0) is 14.5. The molecule has 106 valence electrons. The number of aryl methyl sites for hydroxylation is 1. The minimum atomic E-state index is 0.318. The minimum Gasteiger partial charge on any atom is -0.313 e. The number of nitrogens with zero attached hydrogens (tertiary/aromatic N) is 2. The molecule has 1 aromatic carbocycles. The number of pyridine rings is 2. The Balaban J connectivity index is 1.85. The average molecular weight is 277 g/mol. The van der Waals surface area contributed by atoms with Crippen LogP contribution in [0, 0.1) is 0 Å². The molecule has 0 aliphatic carbocycles. The lowest BCUT2D eigenvalue weighted by Crippen LogP contribution is -2.17. The van der Waals surface area contributed by atoms with Crippen molar-refractivity contribution in [1.29, 1.82) is 0 Å². The summed E-state index contributed by atoms with van der Waals surface area (Å²) < 4.78 is 0. The first-order valence-corrected chi connectivity index (χ1v) is 7.28. The van der Waals surface area contributed by atoms with Crippen molar-refractivity contribution >= 4 is 10.9 Å². The predicted octanol–water partition coefficient (Wildman–Crippen LogP) is 3.52. The molecule has 2 aromatic heterocycles. The van der Waals surface area contributed by atoms with Crippen LogP contribution in [-0.2, 0) is 6.42 Å². The molecular weight excluding hydrogens is 258 g/mol. The Labute approximate surface area is 125 Å². The Bertz CT molecular complexity index is 704. The molecule has 0 saturated carbocycles. The van der Waals surface area contributed by atoms with E-state index in [-0.39, 0.29) is 0 Å². The smallest absolute Gasteiger partial charge is 0.0705 e. The van der Waals surface area contributed by atoms with Crippen LogP contribution in [-0.4, -0.2) is 17.0 Å². The van der Waals surface area contributed by atoms with Crippen molar-refractivity contribution in [1.82, 2.24) is 15.3 Å². The molecule has 21 heavy (non-hydrogen) atoms. The molecule has 0 spiro atoms. The van der Waals surface area contributed by atoms with Gasteiger partial charge in [-0.15, -0.1) is 0 Å². The quantitative estimate of drug-likeness (QED) is 0.775. The Morgan fingerprint density at radius 3 is 2.76 bits per heavy atom. The second kappa shape index (κ2) is 6.46. The highest BCUT2D eigenvalue weighted by atomic mass is 14.9. The zero-order valence-corrected chi connectivity index (χ0v) is 12.2. The lowest BCUT2D eigenvalue weighted by molar-refractivity contribution is 0.552. The van der Waals surface area contributed by atoms with Gasteiger partial charge in [-0.2, -0.15) is 0 Å². The van der Waals surface area contributed by atoms with Crippen molar-refractivity contribution < 1.29 is 0 Å². The summed E-state index contributed by atoms with van der Waals surface area (Å²) in [6.45, 7) is 0. The molecule has 0 fully saturated rings. The molecule has 0 aliphatic heterocycles. The highest BCUT2D eigenvalue weighted by molar-refractivity contribution is 5.82. The van der Waals surface area contributed by atoms with Gasteiger partial charge in [0.1, 0.15) is 0 Å². The van der Waals surface area contributed by atoms with Gasteiger partial charge < -0.3 is 5.32 Å². The van der Waals surface area contributed by atoms with E-state index in [4.69, 9.17) is 0 Å². The molecule has 0 bridgehead atoms. The number of benzene rings is 1. The molecule has 1 N–H and O–H groups in total. The lowest BCUT2D eigenvalue weighted by Gasteiger charge is -2.18. The Hall–Kier alpha value is -2.26. The molecule has 2 heterocycles. The lowest BCUT2D eigenvalue weighted by atomic mass is 9.96. The van der Waals surface area contributed by atoms with Crippen molar-refractivity contribution in [2.45, 2.75) is 18.9 Å². The fourth-order valence-electron chi connectivity index (χ4n) is 2.74. The van der Waals surface area contributed by atoms with Gasteiger partial charge in [0.05, 0.1) is 5.52 Å². The number of aromatic nitrogens is 2. The van der Waals surface area contributed by atoms with Crippen LogP contribution in [0.15, 0.2) is 61.1 Å². The topological polar surface area (TPSA) is 37.8 Å². The first kappa shape index (κ1) is 13.7. The third-order valence-corrected chi connectivity index (χ3v) is 3.85. The molecule has 1 unspecified atom stereocenters. The molecule has 3 heteroatoms. The maximum atomic E-state index is 4.44. The first-order valence-electron chi connectivity index (χ1n) is 7.28. The van der Waals surface area contributed by atoms with Crippen LogP contribution in [0.4, 0.5) is 0 Å². The van der Waals surface area contributed by atoms with Gasteiger partial charge in [-0.3, -0.25) is 9.97 Å². The van der Waals surface area contributed by atoms with E-state index in [9.17, 15) is 0 Å². The van der Waals surface area contributed by atoms with Crippen LogP contribution in [0.2, 0.25) is 0 Å². The highest BCUT2D eigenvalue weighted by Gasteiger charge is 2.12. The number of fused-ring (bicyclic) bond motifs is 1. The summed E-state index contributed by atoms with van der Waals surface area (Å²) in [7, 11) is 2.02. The third kappa shape index (κ3) is 3.09. The van der Waals surface area contributed by atoms with Crippen LogP contribution in [0.1, 0.15) is 23.6 Å². The molecule has 0 saturated heterocycles. The summed E-state index contributed by atoms with van der Waals surface area (Å²) in [4.78, 5) is 8.62. The number of nitrogens with one attached hydrogen (secondary N) is 1. The molecule has 3 nitrogen and oxygen atoms in total. The standard InChI is InChI=1S/C18H19N3/c1-19-17(10-9-14-5-3-11-20-13-14)15-6-2-8-18-16(15)7-4-12-21-18/h2-8,11-13,17,19H,9-10H2,1H3. The molecule has 0 amide bonds. The van der Waals surface area contributed by atoms with Gasteiger partial charge in [-0.25, -0.2) is 0 Å². The fourth-order valence-corrected chi connectivity index (χ4v) is 2.74. The van der Waals surface area contributed by atoms with Crippen molar-refractivity contribution in [3.63, 3.8) is 0 Å². The first-order chi connectivity index (χ1) is 10.4. The second-order valence-corrected chi connectivity index (χ2v) is 5.16.